The molecule has 1 atom stereocenters. The average molecular weight is 642 g/mol. The molecule has 0 spiro atoms. The highest BCUT2D eigenvalue weighted by molar-refractivity contribution is 14.1. The molecule has 0 saturated heterocycles. The number of dihydropyridines is 1. The van der Waals surface area contributed by atoms with E-state index in [1.807, 2.05) is 73.7 Å². The third kappa shape index (κ3) is 4.31. The van der Waals surface area contributed by atoms with Crippen molar-refractivity contribution in [3.63, 3.8) is 0 Å². The number of esters is 1. The molecule has 1 aliphatic heterocycles. The van der Waals surface area contributed by atoms with Gasteiger partial charge in [-0.1, -0.05) is 52.3 Å². The van der Waals surface area contributed by atoms with Crippen LogP contribution in [0.3, 0.4) is 0 Å². The SMILES string of the molecule is COC(=O)C1=C(C)NC2=C(C(=O)c3ccccc32)[C@H]1c1cc(Br)ccc1OCc1ccc(I)cc1. The van der Waals surface area contributed by atoms with Crippen LogP contribution in [0.25, 0.3) is 5.70 Å². The number of hydrogen-bond donors (Lipinski definition) is 1. The highest BCUT2D eigenvalue weighted by Crippen LogP contribution is 2.49. The number of benzene rings is 3. The van der Waals surface area contributed by atoms with Gasteiger partial charge in [0.2, 0.25) is 0 Å². The molecule has 5 rings (SSSR count). The van der Waals surface area contributed by atoms with Gasteiger partial charge in [0, 0.05) is 36.0 Å². The summed E-state index contributed by atoms with van der Waals surface area (Å²) in [5, 5.41) is 3.31. The van der Waals surface area contributed by atoms with E-state index < -0.39 is 11.9 Å². The van der Waals surface area contributed by atoms with E-state index in [0.29, 0.717) is 34.8 Å². The van der Waals surface area contributed by atoms with E-state index in [2.05, 4.69) is 43.8 Å². The summed E-state index contributed by atoms with van der Waals surface area (Å²) < 4.78 is 13.4. The molecule has 0 bridgehead atoms. The largest absolute Gasteiger partial charge is 0.489 e. The number of Topliss-reactive ketones (excluding diaryl/α,β-unsaturated/α-hetero) is 1. The van der Waals surface area contributed by atoms with Crippen LogP contribution in [0.15, 0.2) is 88.0 Å². The Bertz CT molecular complexity index is 1430. The monoisotopic (exact) mass is 641 g/mol. The van der Waals surface area contributed by atoms with Crippen molar-refractivity contribution >= 4 is 56.0 Å². The summed E-state index contributed by atoms with van der Waals surface area (Å²) in [5.41, 5.74) is 5.48. The topological polar surface area (TPSA) is 64.6 Å². The summed E-state index contributed by atoms with van der Waals surface area (Å²) in [6, 6.07) is 21.3. The van der Waals surface area contributed by atoms with Gasteiger partial charge in [-0.05, 0) is 65.4 Å². The molecule has 2 aliphatic rings. The molecule has 0 saturated carbocycles. The van der Waals surface area contributed by atoms with Gasteiger partial charge in [0.15, 0.2) is 5.78 Å². The minimum absolute atomic E-state index is 0.106. The van der Waals surface area contributed by atoms with Crippen molar-refractivity contribution in [3.05, 3.63) is 114 Å². The summed E-state index contributed by atoms with van der Waals surface area (Å²) in [7, 11) is 1.35. The molecule has 0 unspecified atom stereocenters. The van der Waals surface area contributed by atoms with Crippen LogP contribution in [0, 0.1) is 3.57 Å². The number of carbonyl (C=O) groups is 2. The van der Waals surface area contributed by atoms with Gasteiger partial charge in [0.25, 0.3) is 0 Å². The second kappa shape index (κ2) is 9.62. The third-order valence-electron chi connectivity index (χ3n) is 6.24. The number of carbonyl (C=O) groups excluding carboxylic acids is 2. The normalized spacial score (nSPS) is 16.6. The lowest BCUT2D eigenvalue weighted by Crippen LogP contribution is -2.29. The number of nitrogens with one attached hydrogen (secondary N) is 1. The van der Waals surface area contributed by atoms with Crippen LogP contribution in [-0.4, -0.2) is 18.9 Å². The van der Waals surface area contributed by atoms with Crippen LogP contribution in [0.4, 0.5) is 0 Å². The predicted molar refractivity (Wildman–Crippen MR) is 146 cm³/mol. The number of ketones is 1. The Morgan fingerprint density at radius 3 is 2.49 bits per heavy atom. The maximum Gasteiger partial charge on any atom is 0.336 e. The fraction of sp³-hybridized carbons (Fsp3) is 0.143. The summed E-state index contributed by atoms with van der Waals surface area (Å²) in [6.07, 6.45) is 0. The Labute approximate surface area is 225 Å². The van der Waals surface area contributed by atoms with Crippen LogP contribution in [0.2, 0.25) is 0 Å². The van der Waals surface area contributed by atoms with Crippen LogP contribution in [0.1, 0.15) is 39.9 Å². The zero-order valence-electron chi connectivity index (χ0n) is 19.0. The lowest BCUT2D eigenvalue weighted by Gasteiger charge is -2.30. The number of halogens is 2. The quantitative estimate of drug-likeness (QED) is 0.259. The van der Waals surface area contributed by atoms with Gasteiger partial charge >= 0.3 is 5.97 Å². The molecule has 0 aromatic heterocycles. The number of fused-ring (bicyclic) bond motifs is 2. The smallest absolute Gasteiger partial charge is 0.336 e. The van der Waals surface area contributed by atoms with E-state index in [0.717, 1.165) is 30.4 Å². The molecule has 3 aromatic rings. The van der Waals surface area contributed by atoms with E-state index in [-0.39, 0.29) is 5.78 Å². The first-order chi connectivity index (χ1) is 16.9. The molecular formula is C28H21BrINO4. The molecular weight excluding hydrogens is 621 g/mol. The summed E-state index contributed by atoms with van der Waals surface area (Å²) in [5.74, 6) is -0.643. The predicted octanol–water partition coefficient (Wildman–Crippen LogP) is 6.37. The van der Waals surface area contributed by atoms with Crippen molar-refractivity contribution < 1.29 is 19.1 Å². The number of allylic oxidation sites excluding steroid dienone is 2. The van der Waals surface area contributed by atoms with Gasteiger partial charge in [-0.2, -0.15) is 0 Å². The fourth-order valence-corrected chi connectivity index (χ4v) is 5.38. The Hall–Kier alpha value is -2.91. The minimum Gasteiger partial charge on any atom is -0.489 e. The molecule has 5 nitrogen and oxygen atoms in total. The lowest BCUT2D eigenvalue weighted by atomic mass is 9.79. The fourth-order valence-electron chi connectivity index (χ4n) is 4.64. The van der Waals surface area contributed by atoms with Crippen molar-refractivity contribution in [1.82, 2.24) is 5.32 Å². The van der Waals surface area contributed by atoms with E-state index in [1.165, 1.54) is 7.11 Å². The zero-order chi connectivity index (χ0) is 24.7. The standard InChI is InChI=1S/C28H21BrINO4/c1-15-23(28(33)34-2)24(25-26(31-15)19-5-3-4-6-20(19)27(25)32)21-13-17(29)9-12-22(21)35-14-16-7-10-18(30)11-8-16/h3-13,24,31H,14H2,1-2H3/t24-/m0/s1. The molecule has 0 radical (unpaired) electrons. The van der Waals surface area contributed by atoms with Crippen LogP contribution in [0.5, 0.6) is 5.75 Å². The van der Waals surface area contributed by atoms with Crippen molar-refractivity contribution in [1.29, 1.82) is 0 Å². The first kappa shape index (κ1) is 23.8. The molecule has 1 aliphatic carbocycles. The second-order valence-electron chi connectivity index (χ2n) is 8.35. The molecule has 1 N–H and O–H groups in total. The summed E-state index contributed by atoms with van der Waals surface area (Å²) in [6.45, 7) is 2.19. The number of ether oxygens (including phenoxy) is 2. The van der Waals surface area contributed by atoms with Gasteiger partial charge in [0.05, 0.1) is 24.3 Å². The van der Waals surface area contributed by atoms with Crippen molar-refractivity contribution in [2.24, 2.45) is 0 Å². The van der Waals surface area contributed by atoms with E-state index in [1.54, 1.807) is 0 Å². The molecule has 35 heavy (non-hydrogen) atoms. The number of methoxy groups -OCH3 is 1. The van der Waals surface area contributed by atoms with Crippen LogP contribution < -0.4 is 10.1 Å². The van der Waals surface area contributed by atoms with Crippen molar-refractivity contribution in [2.75, 3.05) is 7.11 Å². The Balaban J connectivity index is 1.64. The second-order valence-corrected chi connectivity index (χ2v) is 10.5. The summed E-state index contributed by atoms with van der Waals surface area (Å²) in [4.78, 5) is 26.7. The first-order valence-corrected chi connectivity index (χ1v) is 12.9. The average Bonchev–Trinajstić information content (AvgIpc) is 3.14. The van der Waals surface area contributed by atoms with Gasteiger partial charge in [0.1, 0.15) is 12.4 Å². The molecule has 0 fully saturated rings. The molecule has 1 heterocycles. The van der Waals surface area contributed by atoms with Gasteiger partial charge in [-0.25, -0.2) is 4.79 Å². The van der Waals surface area contributed by atoms with Crippen molar-refractivity contribution in [3.8, 4) is 5.75 Å². The molecule has 7 heteroatoms. The third-order valence-corrected chi connectivity index (χ3v) is 7.46. The van der Waals surface area contributed by atoms with E-state index in [9.17, 15) is 9.59 Å². The highest BCUT2D eigenvalue weighted by atomic mass is 127. The number of rotatable bonds is 5. The van der Waals surface area contributed by atoms with Gasteiger partial charge in [-0.15, -0.1) is 0 Å². The maximum absolute atomic E-state index is 13.7. The summed E-state index contributed by atoms with van der Waals surface area (Å²) >= 11 is 5.83. The Morgan fingerprint density at radius 2 is 1.77 bits per heavy atom. The number of hydrogen-bond acceptors (Lipinski definition) is 5. The van der Waals surface area contributed by atoms with Crippen LogP contribution in [-0.2, 0) is 16.1 Å². The lowest BCUT2D eigenvalue weighted by molar-refractivity contribution is -0.136. The van der Waals surface area contributed by atoms with Crippen LogP contribution >= 0.6 is 38.5 Å². The Kier molecular flexibility index (Phi) is 6.55. The molecule has 176 valence electrons. The van der Waals surface area contributed by atoms with Gasteiger partial charge < -0.3 is 14.8 Å². The zero-order valence-corrected chi connectivity index (χ0v) is 22.8. The van der Waals surface area contributed by atoms with E-state index >= 15 is 0 Å². The van der Waals surface area contributed by atoms with Crippen molar-refractivity contribution in [2.45, 2.75) is 19.4 Å². The Morgan fingerprint density at radius 1 is 1.06 bits per heavy atom. The minimum atomic E-state index is -0.650. The van der Waals surface area contributed by atoms with Gasteiger partial charge in [-0.3, -0.25) is 4.79 Å². The highest BCUT2D eigenvalue weighted by Gasteiger charge is 2.43. The maximum atomic E-state index is 13.7. The molecule has 3 aromatic carbocycles. The molecule has 0 amide bonds. The first-order valence-electron chi connectivity index (χ1n) is 11.0. The van der Waals surface area contributed by atoms with E-state index in [4.69, 9.17) is 9.47 Å².